The highest BCUT2D eigenvalue weighted by atomic mass is 16.2. The van der Waals surface area contributed by atoms with Gasteiger partial charge in [0, 0.05) is 24.5 Å². The van der Waals surface area contributed by atoms with Crippen LogP contribution in [0, 0.1) is 11.3 Å². The normalized spacial score (nSPS) is 33.4. The maximum absolute atomic E-state index is 12.4. The van der Waals surface area contributed by atoms with Gasteiger partial charge in [0.05, 0.1) is 0 Å². The summed E-state index contributed by atoms with van der Waals surface area (Å²) in [5.41, 5.74) is 2.01. The highest BCUT2D eigenvalue weighted by molar-refractivity contribution is 5.81. The topological polar surface area (TPSA) is 23.6 Å². The third kappa shape index (κ3) is 2.67. The minimum Gasteiger partial charge on any atom is -0.342 e. The van der Waals surface area contributed by atoms with E-state index in [4.69, 9.17) is 0 Å². The Morgan fingerprint density at radius 3 is 2.29 bits per heavy atom. The zero-order valence-corrected chi connectivity index (χ0v) is 15.1. The van der Waals surface area contributed by atoms with Gasteiger partial charge in [-0.15, -0.1) is 0 Å². The SMILES string of the molecule is CN(C)C1(c2ccccc2)CCC2(CCN(C(=O)C3CC3)C2)CC1. The first-order valence-electron chi connectivity index (χ1n) is 9.57. The van der Waals surface area contributed by atoms with Gasteiger partial charge in [-0.1, -0.05) is 30.3 Å². The molecule has 24 heavy (non-hydrogen) atoms. The number of likely N-dealkylation sites (tertiary alicyclic amines) is 1. The molecule has 1 heterocycles. The van der Waals surface area contributed by atoms with Crippen LogP contribution < -0.4 is 0 Å². The van der Waals surface area contributed by atoms with Gasteiger partial charge in [0.1, 0.15) is 0 Å². The Bertz CT molecular complexity index is 598. The van der Waals surface area contributed by atoms with Gasteiger partial charge in [-0.05, 0) is 70.0 Å². The van der Waals surface area contributed by atoms with Crippen molar-refractivity contribution in [2.45, 2.75) is 50.5 Å². The monoisotopic (exact) mass is 326 g/mol. The van der Waals surface area contributed by atoms with Gasteiger partial charge in [-0.2, -0.15) is 0 Å². The predicted octanol–water partition coefficient (Wildman–Crippen LogP) is 3.65. The molecule has 0 unspecified atom stereocenters. The first kappa shape index (κ1) is 16.1. The first-order chi connectivity index (χ1) is 11.5. The molecule has 0 atom stereocenters. The predicted molar refractivity (Wildman–Crippen MR) is 96.6 cm³/mol. The van der Waals surface area contributed by atoms with E-state index in [0.29, 0.717) is 17.2 Å². The molecule has 0 N–H and O–H groups in total. The zero-order chi connectivity index (χ0) is 16.8. The standard InChI is InChI=1S/C21H30N2O/c1-22(2)21(18-6-4-3-5-7-18)12-10-20(11-13-21)14-15-23(16-20)19(24)17-8-9-17/h3-7,17H,8-16H2,1-2H3. The second-order valence-electron chi connectivity index (χ2n) is 8.58. The summed E-state index contributed by atoms with van der Waals surface area (Å²) in [7, 11) is 4.45. The van der Waals surface area contributed by atoms with Gasteiger partial charge < -0.3 is 4.90 Å². The van der Waals surface area contributed by atoms with Gasteiger partial charge in [0.15, 0.2) is 0 Å². The average molecular weight is 326 g/mol. The van der Waals surface area contributed by atoms with Gasteiger partial charge in [0.25, 0.3) is 0 Å². The molecule has 4 rings (SSSR count). The van der Waals surface area contributed by atoms with Crippen LogP contribution in [0.5, 0.6) is 0 Å². The van der Waals surface area contributed by atoms with Gasteiger partial charge in [0.2, 0.25) is 5.91 Å². The third-order valence-electron chi connectivity index (χ3n) is 6.98. The molecule has 0 radical (unpaired) electrons. The van der Waals surface area contributed by atoms with Crippen molar-refractivity contribution in [1.82, 2.24) is 9.80 Å². The molecule has 1 aliphatic heterocycles. The van der Waals surface area contributed by atoms with E-state index < -0.39 is 0 Å². The summed E-state index contributed by atoms with van der Waals surface area (Å²) in [5.74, 6) is 0.813. The largest absolute Gasteiger partial charge is 0.342 e. The molecular formula is C21H30N2O. The summed E-state index contributed by atoms with van der Waals surface area (Å²) in [5, 5.41) is 0. The van der Waals surface area contributed by atoms with E-state index in [1.807, 2.05) is 0 Å². The Balaban J connectivity index is 1.48. The molecule has 130 valence electrons. The van der Waals surface area contributed by atoms with Crippen LogP contribution >= 0.6 is 0 Å². The van der Waals surface area contributed by atoms with Crippen LogP contribution in [-0.4, -0.2) is 42.9 Å². The molecule has 2 saturated carbocycles. The van der Waals surface area contributed by atoms with Crippen molar-refractivity contribution in [3.8, 4) is 0 Å². The lowest BCUT2D eigenvalue weighted by atomic mass is 9.64. The van der Waals surface area contributed by atoms with E-state index in [9.17, 15) is 4.79 Å². The number of rotatable bonds is 3. The van der Waals surface area contributed by atoms with Crippen LogP contribution in [0.15, 0.2) is 30.3 Å². The van der Waals surface area contributed by atoms with E-state index in [2.05, 4.69) is 54.2 Å². The van der Waals surface area contributed by atoms with E-state index in [1.54, 1.807) is 0 Å². The minimum atomic E-state index is 0.167. The van der Waals surface area contributed by atoms with E-state index in [0.717, 1.165) is 25.9 Å². The number of nitrogens with zero attached hydrogens (tertiary/aromatic N) is 2. The van der Waals surface area contributed by atoms with Crippen LogP contribution in [0.1, 0.15) is 50.5 Å². The van der Waals surface area contributed by atoms with Crippen molar-refractivity contribution in [3.63, 3.8) is 0 Å². The molecule has 1 aromatic carbocycles. The Kier molecular flexibility index (Phi) is 3.95. The Morgan fingerprint density at radius 1 is 1.04 bits per heavy atom. The molecule has 3 heteroatoms. The van der Waals surface area contributed by atoms with Crippen LogP contribution in [-0.2, 0) is 10.3 Å². The quantitative estimate of drug-likeness (QED) is 0.846. The maximum Gasteiger partial charge on any atom is 0.225 e. The van der Waals surface area contributed by atoms with Crippen LogP contribution in [0.4, 0.5) is 0 Å². The summed E-state index contributed by atoms with van der Waals surface area (Å²) in [4.78, 5) is 17.0. The number of benzene rings is 1. The molecule has 1 spiro atoms. The number of hydrogen-bond acceptors (Lipinski definition) is 2. The van der Waals surface area contributed by atoms with Crippen molar-refractivity contribution < 1.29 is 4.79 Å². The van der Waals surface area contributed by atoms with Crippen LogP contribution in [0.25, 0.3) is 0 Å². The minimum absolute atomic E-state index is 0.167. The molecule has 3 fully saturated rings. The number of carbonyl (C=O) groups excluding carboxylic acids is 1. The fraction of sp³-hybridized carbons (Fsp3) is 0.667. The number of hydrogen-bond donors (Lipinski definition) is 0. The summed E-state index contributed by atoms with van der Waals surface area (Å²) in [6.07, 6.45) is 8.36. The lowest BCUT2D eigenvalue weighted by Gasteiger charge is -2.49. The molecule has 0 aromatic heterocycles. The van der Waals surface area contributed by atoms with E-state index in [-0.39, 0.29) is 5.54 Å². The molecule has 3 nitrogen and oxygen atoms in total. The number of amides is 1. The van der Waals surface area contributed by atoms with Crippen LogP contribution in [0.2, 0.25) is 0 Å². The Hall–Kier alpha value is -1.35. The van der Waals surface area contributed by atoms with Crippen molar-refractivity contribution >= 4 is 5.91 Å². The average Bonchev–Trinajstić information content (AvgIpc) is 3.38. The zero-order valence-electron chi connectivity index (χ0n) is 15.1. The van der Waals surface area contributed by atoms with Gasteiger partial charge >= 0.3 is 0 Å². The van der Waals surface area contributed by atoms with E-state index in [1.165, 1.54) is 37.7 Å². The second-order valence-corrected chi connectivity index (χ2v) is 8.58. The summed E-state index contributed by atoms with van der Waals surface area (Å²) < 4.78 is 0. The summed E-state index contributed by atoms with van der Waals surface area (Å²) >= 11 is 0. The molecule has 2 aliphatic carbocycles. The van der Waals surface area contributed by atoms with Gasteiger partial charge in [-0.3, -0.25) is 9.69 Å². The van der Waals surface area contributed by atoms with Gasteiger partial charge in [-0.25, -0.2) is 0 Å². The van der Waals surface area contributed by atoms with E-state index >= 15 is 0 Å². The first-order valence-corrected chi connectivity index (χ1v) is 9.57. The molecular weight excluding hydrogens is 296 g/mol. The molecule has 1 amide bonds. The summed E-state index contributed by atoms with van der Waals surface area (Å²) in [6, 6.07) is 11.0. The van der Waals surface area contributed by atoms with Crippen molar-refractivity contribution in [3.05, 3.63) is 35.9 Å². The number of carbonyl (C=O) groups is 1. The van der Waals surface area contributed by atoms with Crippen molar-refractivity contribution in [1.29, 1.82) is 0 Å². The second kappa shape index (κ2) is 5.87. The Morgan fingerprint density at radius 2 is 1.71 bits per heavy atom. The lowest BCUT2D eigenvalue weighted by Crippen LogP contribution is -2.47. The van der Waals surface area contributed by atoms with Crippen LogP contribution in [0.3, 0.4) is 0 Å². The highest BCUT2D eigenvalue weighted by Gasteiger charge is 2.49. The smallest absolute Gasteiger partial charge is 0.225 e. The molecule has 1 aromatic rings. The molecule has 1 saturated heterocycles. The molecule has 0 bridgehead atoms. The highest BCUT2D eigenvalue weighted by Crippen LogP contribution is 2.52. The fourth-order valence-electron chi connectivity index (χ4n) is 5.06. The third-order valence-corrected chi connectivity index (χ3v) is 6.98. The summed E-state index contributed by atoms with van der Waals surface area (Å²) in [6.45, 7) is 2.01. The fourth-order valence-corrected chi connectivity index (χ4v) is 5.06. The maximum atomic E-state index is 12.4. The van der Waals surface area contributed by atoms with Crippen molar-refractivity contribution in [2.24, 2.45) is 11.3 Å². The van der Waals surface area contributed by atoms with Crippen molar-refractivity contribution in [2.75, 3.05) is 27.2 Å². The Labute approximate surface area is 146 Å². The lowest BCUT2D eigenvalue weighted by molar-refractivity contribution is -0.132. The molecule has 3 aliphatic rings.